The maximum absolute atomic E-state index is 13.2. The molecule has 3 aromatic carbocycles. The molecule has 0 unspecified atom stereocenters. The largest absolute Gasteiger partial charge is 0.288 e. The van der Waals surface area contributed by atoms with Gasteiger partial charge in [0.1, 0.15) is 5.01 Å². The third-order valence-corrected chi connectivity index (χ3v) is 5.80. The van der Waals surface area contributed by atoms with Gasteiger partial charge in [-0.05, 0) is 29.8 Å². The lowest BCUT2D eigenvalue weighted by molar-refractivity contribution is 0.105. The van der Waals surface area contributed by atoms with Crippen LogP contribution in [0, 0.1) is 0 Å². The summed E-state index contributed by atoms with van der Waals surface area (Å²) >= 11 is 5.10. The van der Waals surface area contributed by atoms with Crippen molar-refractivity contribution in [3.05, 3.63) is 99.5 Å². The zero-order chi connectivity index (χ0) is 17.9. The monoisotopic (exact) mass is 419 g/mol. The summed E-state index contributed by atoms with van der Waals surface area (Å²) in [6.45, 7) is 0. The molecular formula is C22H14BrNOS. The number of nitrogens with zero attached hydrogens (tertiary/aromatic N) is 1. The minimum Gasteiger partial charge on any atom is -0.288 e. The van der Waals surface area contributed by atoms with Crippen molar-refractivity contribution in [3.8, 4) is 0 Å². The van der Waals surface area contributed by atoms with Gasteiger partial charge in [0.2, 0.25) is 0 Å². The summed E-state index contributed by atoms with van der Waals surface area (Å²) in [6, 6.07) is 25.1. The molecule has 0 aliphatic rings. The third kappa shape index (κ3) is 3.39. The fraction of sp³-hybridized carbons (Fsp3) is 0. The summed E-state index contributed by atoms with van der Waals surface area (Å²) in [6.07, 6.45) is 1.91. The van der Waals surface area contributed by atoms with Gasteiger partial charge in [-0.15, -0.1) is 11.3 Å². The molecule has 2 nitrogen and oxygen atoms in total. The van der Waals surface area contributed by atoms with E-state index in [0.717, 1.165) is 25.3 Å². The van der Waals surface area contributed by atoms with E-state index in [9.17, 15) is 4.79 Å². The van der Waals surface area contributed by atoms with Gasteiger partial charge < -0.3 is 0 Å². The van der Waals surface area contributed by atoms with E-state index in [-0.39, 0.29) is 5.78 Å². The Morgan fingerprint density at radius 1 is 0.885 bits per heavy atom. The first-order valence-corrected chi connectivity index (χ1v) is 9.75. The first-order valence-electron chi connectivity index (χ1n) is 8.14. The molecular weight excluding hydrogens is 406 g/mol. The van der Waals surface area contributed by atoms with Gasteiger partial charge in [0.25, 0.3) is 0 Å². The van der Waals surface area contributed by atoms with E-state index in [2.05, 4.69) is 15.9 Å². The minimum absolute atomic E-state index is 0.0274. The molecule has 0 fully saturated rings. The van der Waals surface area contributed by atoms with E-state index in [1.807, 2.05) is 84.9 Å². The highest BCUT2D eigenvalue weighted by molar-refractivity contribution is 9.10. The van der Waals surface area contributed by atoms with Crippen molar-refractivity contribution in [1.29, 1.82) is 0 Å². The van der Waals surface area contributed by atoms with Crippen molar-refractivity contribution in [3.63, 3.8) is 0 Å². The molecule has 4 heteroatoms. The van der Waals surface area contributed by atoms with Crippen LogP contribution in [-0.2, 0) is 0 Å². The van der Waals surface area contributed by atoms with Crippen LogP contribution in [0.3, 0.4) is 0 Å². The summed E-state index contributed by atoms with van der Waals surface area (Å²) in [4.78, 5) is 17.9. The van der Waals surface area contributed by atoms with Crippen molar-refractivity contribution in [2.75, 3.05) is 0 Å². The Morgan fingerprint density at radius 2 is 1.58 bits per heavy atom. The second-order valence-corrected chi connectivity index (χ2v) is 7.65. The Hall–Kier alpha value is -2.56. The summed E-state index contributed by atoms with van der Waals surface area (Å²) < 4.78 is 2.01. The number of Topliss-reactive ketones (excluding diaryl/α,β-unsaturated/α-hetero) is 1. The van der Waals surface area contributed by atoms with Crippen molar-refractivity contribution >= 4 is 54.9 Å². The summed E-state index contributed by atoms with van der Waals surface area (Å²) in [5.41, 5.74) is 3.12. The van der Waals surface area contributed by atoms with Crippen LogP contribution in [0.4, 0.5) is 0 Å². The number of thiazole rings is 1. The van der Waals surface area contributed by atoms with Crippen LogP contribution < -0.4 is 0 Å². The molecule has 4 aromatic rings. The number of aromatic nitrogens is 1. The molecule has 126 valence electrons. The van der Waals surface area contributed by atoms with Crippen molar-refractivity contribution in [2.24, 2.45) is 0 Å². The van der Waals surface area contributed by atoms with Gasteiger partial charge in [-0.25, -0.2) is 4.98 Å². The molecule has 1 heterocycles. The van der Waals surface area contributed by atoms with Crippen LogP contribution >= 0.6 is 27.3 Å². The van der Waals surface area contributed by atoms with E-state index in [4.69, 9.17) is 4.98 Å². The Labute approximate surface area is 164 Å². The van der Waals surface area contributed by atoms with Crippen LogP contribution in [0.5, 0.6) is 0 Å². The molecule has 1 aromatic heterocycles. The number of halogens is 1. The van der Waals surface area contributed by atoms with Crippen LogP contribution in [0.1, 0.15) is 20.9 Å². The van der Waals surface area contributed by atoms with Crippen molar-refractivity contribution < 1.29 is 4.79 Å². The standard InChI is InChI=1S/C22H14BrNOS/c23-18-11-5-4-10-16(18)14-17(21(25)15-8-2-1-3-9-15)22-24-19-12-6-7-13-20(19)26-22/h1-14H. The predicted molar refractivity (Wildman–Crippen MR) is 112 cm³/mol. The molecule has 0 saturated carbocycles. The summed E-state index contributed by atoms with van der Waals surface area (Å²) in [5.74, 6) is -0.0274. The van der Waals surface area contributed by atoms with Gasteiger partial charge in [-0.2, -0.15) is 0 Å². The molecule has 0 bridgehead atoms. The van der Waals surface area contributed by atoms with E-state index in [1.165, 1.54) is 11.3 Å². The topological polar surface area (TPSA) is 30.0 Å². The molecule has 0 N–H and O–H groups in total. The maximum Gasteiger partial charge on any atom is 0.196 e. The van der Waals surface area contributed by atoms with Gasteiger partial charge in [-0.1, -0.05) is 76.6 Å². The van der Waals surface area contributed by atoms with Crippen LogP contribution in [0.25, 0.3) is 21.9 Å². The first-order chi connectivity index (χ1) is 12.7. The number of carbonyl (C=O) groups excluding carboxylic acids is 1. The highest BCUT2D eigenvalue weighted by Gasteiger charge is 2.18. The third-order valence-electron chi connectivity index (χ3n) is 4.01. The number of carbonyl (C=O) groups is 1. The van der Waals surface area contributed by atoms with E-state index >= 15 is 0 Å². The fourth-order valence-corrected chi connectivity index (χ4v) is 4.08. The first kappa shape index (κ1) is 16.9. The van der Waals surface area contributed by atoms with Crippen LogP contribution in [0.15, 0.2) is 83.3 Å². The lowest BCUT2D eigenvalue weighted by atomic mass is 10.0. The molecule has 0 radical (unpaired) electrons. The minimum atomic E-state index is -0.0274. The van der Waals surface area contributed by atoms with E-state index in [1.54, 1.807) is 0 Å². The predicted octanol–water partition coefficient (Wildman–Crippen LogP) is 6.48. The fourth-order valence-electron chi connectivity index (χ4n) is 2.70. The van der Waals surface area contributed by atoms with Gasteiger partial charge in [0.15, 0.2) is 5.78 Å². The molecule has 0 aliphatic heterocycles. The molecule has 0 atom stereocenters. The van der Waals surface area contributed by atoms with Gasteiger partial charge in [0, 0.05) is 10.0 Å². The van der Waals surface area contributed by atoms with Gasteiger partial charge in [-0.3, -0.25) is 4.79 Å². The number of ketones is 1. The Kier molecular flexibility index (Phi) is 4.78. The average Bonchev–Trinajstić information content (AvgIpc) is 3.11. The van der Waals surface area contributed by atoms with E-state index in [0.29, 0.717) is 11.1 Å². The second-order valence-electron chi connectivity index (χ2n) is 5.76. The van der Waals surface area contributed by atoms with E-state index < -0.39 is 0 Å². The zero-order valence-electron chi connectivity index (χ0n) is 13.7. The average molecular weight is 420 g/mol. The number of para-hydroxylation sites is 1. The second kappa shape index (κ2) is 7.36. The number of hydrogen-bond acceptors (Lipinski definition) is 3. The molecule has 0 spiro atoms. The number of fused-ring (bicyclic) bond motifs is 1. The van der Waals surface area contributed by atoms with Crippen molar-refractivity contribution in [2.45, 2.75) is 0 Å². The number of allylic oxidation sites excluding steroid dienone is 1. The molecule has 26 heavy (non-hydrogen) atoms. The Bertz CT molecular complexity index is 1080. The van der Waals surface area contributed by atoms with Crippen molar-refractivity contribution in [1.82, 2.24) is 4.98 Å². The molecule has 4 rings (SSSR count). The summed E-state index contributed by atoms with van der Waals surface area (Å²) in [7, 11) is 0. The number of rotatable bonds is 4. The van der Waals surface area contributed by atoms with Gasteiger partial charge in [0.05, 0.1) is 15.8 Å². The zero-order valence-corrected chi connectivity index (χ0v) is 16.1. The van der Waals surface area contributed by atoms with Crippen LogP contribution in [0.2, 0.25) is 0 Å². The summed E-state index contributed by atoms with van der Waals surface area (Å²) in [5, 5.41) is 0.732. The Morgan fingerprint density at radius 3 is 2.35 bits per heavy atom. The lowest BCUT2D eigenvalue weighted by Gasteiger charge is -2.06. The SMILES string of the molecule is O=C(C(=Cc1ccccc1Br)c1nc2ccccc2s1)c1ccccc1. The lowest BCUT2D eigenvalue weighted by Crippen LogP contribution is -2.02. The molecule has 0 amide bonds. The molecule has 0 saturated heterocycles. The molecule has 0 aliphatic carbocycles. The smallest absolute Gasteiger partial charge is 0.196 e. The maximum atomic E-state index is 13.2. The highest BCUT2D eigenvalue weighted by Crippen LogP contribution is 2.31. The Balaban J connectivity index is 1.89. The van der Waals surface area contributed by atoms with Crippen LogP contribution in [-0.4, -0.2) is 10.8 Å². The van der Waals surface area contributed by atoms with Gasteiger partial charge >= 0.3 is 0 Å². The normalized spacial score (nSPS) is 11.7. The number of hydrogen-bond donors (Lipinski definition) is 0. The number of benzene rings is 3. The quantitative estimate of drug-likeness (QED) is 0.279. The highest BCUT2D eigenvalue weighted by atomic mass is 79.9.